The third-order valence-corrected chi connectivity index (χ3v) is 4.59. The molecule has 0 aliphatic carbocycles. The van der Waals surface area contributed by atoms with Crippen LogP contribution in [0.3, 0.4) is 0 Å². The van der Waals surface area contributed by atoms with Crippen LogP contribution in [0.1, 0.15) is 24.3 Å². The molecule has 0 unspecified atom stereocenters. The number of benzene rings is 1. The molecule has 0 fully saturated rings. The van der Waals surface area contributed by atoms with Gasteiger partial charge in [-0.2, -0.15) is 10.1 Å². The van der Waals surface area contributed by atoms with Crippen molar-refractivity contribution in [1.29, 1.82) is 0 Å². The van der Waals surface area contributed by atoms with Gasteiger partial charge in [-0.25, -0.2) is 0 Å². The van der Waals surface area contributed by atoms with Gasteiger partial charge in [0.25, 0.3) is 0 Å². The Morgan fingerprint density at radius 2 is 2.03 bits per heavy atom. The molecule has 0 radical (unpaired) electrons. The highest BCUT2D eigenvalue weighted by Crippen LogP contribution is 2.19. The largest absolute Gasteiger partial charge is 0.339 e. The lowest BCUT2D eigenvalue weighted by Gasteiger charge is -2.02. The molecular formula is C21H19ClN6O2. The van der Waals surface area contributed by atoms with Crippen molar-refractivity contribution in [3.63, 3.8) is 0 Å². The van der Waals surface area contributed by atoms with Crippen LogP contribution in [0, 0.1) is 0 Å². The molecule has 152 valence electrons. The van der Waals surface area contributed by atoms with Gasteiger partial charge in [0.2, 0.25) is 17.6 Å². The maximum atomic E-state index is 12.2. The molecule has 4 rings (SSSR count). The highest BCUT2D eigenvalue weighted by atomic mass is 35.5. The Kier molecular flexibility index (Phi) is 6.14. The summed E-state index contributed by atoms with van der Waals surface area (Å²) in [6.07, 6.45) is 6.77. The molecule has 0 spiro atoms. The molecule has 4 aromatic rings. The lowest BCUT2D eigenvalue weighted by molar-refractivity contribution is -0.116. The molecule has 8 nitrogen and oxygen atoms in total. The molecule has 0 aliphatic heterocycles. The number of pyridine rings is 1. The summed E-state index contributed by atoms with van der Waals surface area (Å²) in [5.41, 5.74) is 1.87. The number of aromatic nitrogens is 5. The molecule has 30 heavy (non-hydrogen) atoms. The van der Waals surface area contributed by atoms with Crippen LogP contribution in [-0.2, 0) is 17.8 Å². The second-order valence-corrected chi connectivity index (χ2v) is 7.12. The summed E-state index contributed by atoms with van der Waals surface area (Å²) in [5.74, 6) is 1.41. The van der Waals surface area contributed by atoms with Gasteiger partial charge in [0.15, 0.2) is 5.82 Å². The zero-order valence-electron chi connectivity index (χ0n) is 16.0. The lowest BCUT2D eigenvalue weighted by atomic mass is 10.2. The lowest BCUT2D eigenvalue weighted by Crippen LogP contribution is -2.12. The number of nitrogens with one attached hydrogen (secondary N) is 1. The number of nitrogens with zero attached hydrogens (tertiary/aromatic N) is 5. The third-order valence-electron chi connectivity index (χ3n) is 4.34. The van der Waals surface area contributed by atoms with E-state index in [1.807, 2.05) is 30.5 Å². The Hall–Kier alpha value is -3.52. The number of aryl methyl sites for hydroxylation is 1. The van der Waals surface area contributed by atoms with Crippen molar-refractivity contribution < 1.29 is 9.32 Å². The van der Waals surface area contributed by atoms with Crippen molar-refractivity contribution in [3.05, 3.63) is 77.5 Å². The van der Waals surface area contributed by atoms with Crippen LogP contribution < -0.4 is 5.32 Å². The van der Waals surface area contributed by atoms with E-state index in [2.05, 4.69) is 25.5 Å². The smallest absolute Gasteiger partial charge is 0.226 e. The van der Waals surface area contributed by atoms with Gasteiger partial charge in [0.05, 0.1) is 6.54 Å². The van der Waals surface area contributed by atoms with E-state index in [0.717, 1.165) is 11.1 Å². The first-order valence-electron chi connectivity index (χ1n) is 9.46. The van der Waals surface area contributed by atoms with Gasteiger partial charge < -0.3 is 9.84 Å². The second-order valence-electron chi connectivity index (χ2n) is 6.68. The van der Waals surface area contributed by atoms with E-state index in [4.69, 9.17) is 16.1 Å². The zero-order chi connectivity index (χ0) is 20.8. The van der Waals surface area contributed by atoms with Gasteiger partial charge in [-0.3, -0.25) is 14.5 Å². The summed E-state index contributed by atoms with van der Waals surface area (Å²) < 4.78 is 7.02. The minimum Gasteiger partial charge on any atom is -0.339 e. The van der Waals surface area contributed by atoms with Gasteiger partial charge >= 0.3 is 0 Å². The number of carbonyl (C=O) groups is 1. The summed E-state index contributed by atoms with van der Waals surface area (Å²) in [4.78, 5) is 20.6. The quantitative estimate of drug-likeness (QED) is 0.461. The molecule has 1 amide bonds. The van der Waals surface area contributed by atoms with E-state index < -0.39 is 0 Å². The molecular weight excluding hydrogens is 404 g/mol. The van der Waals surface area contributed by atoms with Crippen LogP contribution >= 0.6 is 11.6 Å². The number of carbonyl (C=O) groups excluding carboxylic acids is 1. The van der Waals surface area contributed by atoms with Gasteiger partial charge in [0.1, 0.15) is 0 Å². The van der Waals surface area contributed by atoms with Gasteiger partial charge in [-0.15, -0.1) is 0 Å². The first-order valence-corrected chi connectivity index (χ1v) is 9.84. The van der Waals surface area contributed by atoms with Gasteiger partial charge in [0, 0.05) is 48.1 Å². The molecule has 1 N–H and O–H groups in total. The first kappa shape index (κ1) is 19.8. The van der Waals surface area contributed by atoms with E-state index in [1.165, 1.54) is 0 Å². The minimum atomic E-state index is -0.112. The highest BCUT2D eigenvalue weighted by Gasteiger charge is 2.10. The van der Waals surface area contributed by atoms with Crippen LogP contribution in [0.25, 0.3) is 11.4 Å². The normalized spacial score (nSPS) is 10.8. The fraction of sp³-hybridized carbons (Fsp3) is 0.190. The highest BCUT2D eigenvalue weighted by molar-refractivity contribution is 6.30. The summed E-state index contributed by atoms with van der Waals surface area (Å²) >= 11 is 5.89. The summed E-state index contributed by atoms with van der Waals surface area (Å²) in [6, 6.07) is 12.8. The van der Waals surface area contributed by atoms with Crippen LogP contribution in [0.2, 0.25) is 5.02 Å². The topological polar surface area (TPSA) is 98.7 Å². The predicted octanol–water partition coefficient (Wildman–Crippen LogP) is 3.99. The van der Waals surface area contributed by atoms with Gasteiger partial charge in [-0.05, 0) is 42.3 Å². The van der Waals surface area contributed by atoms with E-state index in [1.54, 1.807) is 35.3 Å². The number of anilines is 1. The fourth-order valence-electron chi connectivity index (χ4n) is 2.87. The summed E-state index contributed by atoms with van der Waals surface area (Å²) in [5, 5.41) is 11.8. The monoisotopic (exact) mass is 422 g/mol. The fourth-order valence-corrected chi connectivity index (χ4v) is 3.00. The molecule has 0 saturated heterocycles. The van der Waals surface area contributed by atoms with Crippen molar-refractivity contribution in [3.8, 4) is 11.4 Å². The molecule has 0 atom stereocenters. The van der Waals surface area contributed by atoms with E-state index in [0.29, 0.717) is 48.4 Å². The van der Waals surface area contributed by atoms with Crippen LogP contribution in [-0.4, -0.2) is 30.8 Å². The number of hydrogen-bond acceptors (Lipinski definition) is 6. The average molecular weight is 423 g/mol. The van der Waals surface area contributed by atoms with Crippen molar-refractivity contribution in [2.24, 2.45) is 0 Å². The Labute approximate surface area is 177 Å². The van der Waals surface area contributed by atoms with Crippen LogP contribution in [0.15, 0.2) is 65.6 Å². The maximum absolute atomic E-state index is 12.2. The number of amides is 1. The van der Waals surface area contributed by atoms with E-state index in [9.17, 15) is 4.79 Å². The number of hydrogen-bond donors (Lipinski definition) is 1. The van der Waals surface area contributed by atoms with Gasteiger partial charge in [-0.1, -0.05) is 22.8 Å². The summed E-state index contributed by atoms with van der Waals surface area (Å²) in [6.45, 7) is 0.594. The standard InChI is InChI=1S/C21H19ClN6O2/c22-17-8-6-16(7-9-17)21-25-20(30-27-21)5-1-4-19(29)24-18-10-12-28(26-18)14-15-3-2-11-23-13-15/h2-3,6-13H,1,4-5,14H2,(H,24,26,29). The molecule has 3 aromatic heterocycles. The van der Waals surface area contributed by atoms with Crippen LogP contribution in [0.5, 0.6) is 0 Å². The van der Waals surface area contributed by atoms with Crippen molar-refractivity contribution >= 4 is 23.3 Å². The molecule has 0 bridgehead atoms. The molecule has 1 aromatic carbocycles. The Balaban J connectivity index is 1.23. The number of rotatable bonds is 8. The SMILES string of the molecule is O=C(CCCc1nc(-c2ccc(Cl)cc2)no1)Nc1ccn(Cc2cccnc2)n1. The predicted molar refractivity (Wildman–Crippen MR) is 112 cm³/mol. The van der Waals surface area contributed by atoms with E-state index in [-0.39, 0.29) is 5.91 Å². The molecule has 3 heterocycles. The maximum Gasteiger partial charge on any atom is 0.226 e. The van der Waals surface area contributed by atoms with Crippen molar-refractivity contribution in [2.45, 2.75) is 25.8 Å². The van der Waals surface area contributed by atoms with E-state index >= 15 is 0 Å². The Bertz CT molecular complexity index is 1110. The zero-order valence-corrected chi connectivity index (χ0v) is 16.8. The third kappa shape index (κ3) is 5.30. The molecule has 0 aliphatic rings. The molecule has 9 heteroatoms. The Morgan fingerprint density at radius 1 is 1.17 bits per heavy atom. The molecule has 0 saturated carbocycles. The van der Waals surface area contributed by atoms with Crippen molar-refractivity contribution in [1.82, 2.24) is 24.9 Å². The van der Waals surface area contributed by atoms with Crippen LogP contribution in [0.4, 0.5) is 5.82 Å². The first-order chi connectivity index (χ1) is 14.7. The Morgan fingerprint density at radius 3 is 2.83 bits per heavy atom. The number of halogens is 1. The summed E-state index contributed by atoms with van der Waals surface area (Å²) in [7, 11) is 0. The second kappa shape index (κ2) is 9.32. The van der Waals surface area contributed by atoms with Crippen molar-refractivity contribution in [2.75, 3.05) is 5.32 Å². The average Bonchev–Trinajstić information content (AvgIpc) is 3.39. The minimum absolute atomic E-state index is 0.112.